The number of rotatable bonds is 13. The highest BCUT2D eigenvalue weighted by molar-refractivity contribution is 7.92. The summed E-state index contributed by atoms with van der Waals surface area (Å²) in [4.78, 5) is 28.3. The number of hydrogen-bond acceptors (Lipinski definition) is 6. The predicted molar refractivity (Wildman–Crippen MR) is 155 cm³/mol. The van der Waals surface area contributed by atoms with Gasteiger partial charge in [-0.15, -0.1) is 0 Å². The molecule has 0 aliphatic rings. The molecular formula is C30H37N3O6S. The van der Waals surface area contributed by atoms with Crippen LogP contribution in [0.3, 0.4) is 0 Å². The molecule has 214 valence electrons. The number of likely N-dealkylation sites (N-methyl/N-ethyl adjacent to an activating group) is 1. The van der Waals surface area contributed by atoms with E-state index in [1.54, 1.807) is 24.3 Å². The van der Waals surface area contributed by atoms with Crippen molar-refractivity contribution in [2.45, 2.75) is 37.6 Å². The number of nitrogens with one attached hydrogen (secondary N) is 1. The second kappa shape index (κ2) is 13.8. The highest BCUT2D eigenvalue weighted by Gasteiger charge is 2.33. The zero-order chi connectivity index (χ0) is 29.3. The Bertz CT molecular complexity index is 1390. The van der Waals surface area contributed by atoms with Gasteiger partial charge in [-0.3, -0.25) is 13.9 Å². The number of sulfonamides is 1. The topological polar surface area (TPSA) is 105 Å². The van der Waals surface area contributed by atoms with Crippen LogP contribution in [0.25, 0.3) is 0 Å². The molecule has 10 heteroatoms. The van der Waals surface area contributed by atoms with Crippen molar-refractivity contribution in [1.29, 1.82) is 0 Å². The van der Waals surface area contributed by atoms with Gasteiger partial charge in [-0.25, -0.2) is 8.42 Å². The molecule has 3 aromatic carbocycles. The minimum Gasteiger partial charge on any atom is -0.493 e. The van der Waals surface area contributed by atoms with Gasteiger partial charge < -0.3 is 19.7 Å². The number of hydrogen-bond donors (Lipinski definition) is 1. The Labute approximate surface area is 236 Å². The number of carbonyl (C=O) groups excluding carboxylic acids is 2. The lowest BCUT2D eigenvalue weighted by Gasteiger charge is -2.33. The van der Waals surface area contributed by atoms with Crippen molar-refractivity contribution < 1.29 is 27.5 Å². The number of amides is 2. The van der Waals surface area contributed by atoms with E-state index < -0.39 is 28.5 Å². The molecule has 0 spiro atoms. The van der Waals surface area contributed by atoms with Crippen LogP contribution >= 0.6 is 0 Å². The molecule has 3 aromatic rings. The first-order valence-corrected chi connectivity index (χ1v) is 14.5. The highest BCUT2D eigenvalue weighted by Crippen LogP contribution is 2.34. The molecule has 1 N–H and O–H groups in total. The van der Waals surface area contributed by atoms with Crippen LogP contribution in [-0.4, -0.2) is 65.5 Å². The number of anilines is 1. The van der Waals surface area contributed by atoms with Crippen molar-refractivity contribution >= 4 is 27.5 Å². The SMILES string of the molecule is CCC(C(=O)NC)N(CCc1ccccc1)C(=O)CN(c1ccc(OC)c(OC)c1)S(=O)(=O)c1ccc(C)cc1. The maximum absolute atomic E-state index is 14.0. The fraction of sp³-hybridized carbons (Fsp3) is 0.333. The summed E-state index contributed by atoms with van der Waals surface area (Å²) in [5, 5.41) is 2.63. The first-order chi connectivity index (χ1) is 19.2. The quantitative estimate of drug-likeness (QED) is 0.337. The molecule has 0 saturated heterocycles. The highest BCUT2D eigenvalue weighted by atomic mass is 32.2. The van der Waals surface area contributed by atoms with Crippen LogP contribution in [0.2, 0.25) is 0 Å². The Morgan fingerprint density at radius 1 is 0.925 bits per heavy atom. The number of benzene rings is 3. The normalized spacial score (nSPS) is 11.8. The fourth-order valence-corrected chi connectivity index (χ4v) is 5.81. The smallest absolute Gasteiger partial charge is 0.264 e. The van der Waals surface area contributed by atoms with Crippen LogP contribution in [-0.2, 0) is 26.0 Å². The van der Waals surface area contributed by atoms with Crippen LogP contribution in [0.1, 0.15) is 24.5 Å². The van der Waals surface area contributed by atoms with Crippen LogP contribution in [0.5, 0.6) is 11.5 Å². The first kappa shape index (κ1) is 30.5. The molecule has 0 aliphatic carbocycles. The van der Waals surface area contributed by atoms with E-state index in [1.165, 1.54) is 44.4 Å². The van der Waals surface area contributed by atoms with Gasteiger partial charge >= 0.3 is 0 Å². The zero-order valence-electron chi connectivity index (χ0n) is 23.6. The van der Waals surface area contributed by atoms with E-state index in [2.05, 4.69) is 5.32 Å². The van der Waals surface area contributed by atoms with Crippen molar-refractivity contribution in [3.8, 4) is 11.5 Å². The number of ether oxygens (including phenoxy) is 2. The number of methoxy groups -OCH3 is 2. The standard InChI is InChI=1S/C30H37N3O6S/c1-6-26(30(35)31-3)32(19-18-23-10-8-7-9-11-23)29(34)21-33(24-14-17-27(38-4)28(20-24)39-5)40(36,37)25-15-12-22(2)13-16-25/h7-17,20,26H,6,18-19,21H2,1-5H3,(H,31,35). The average Bonchev–Trinajstić information content (AvgIpc) is 2.97. The summed E-state index contributed by atoms with van der Waals surface area (Å²) in [6.45, 7) is 3.39. The van der Waals surface area contributed by atoms with Gasteiger partial charge in [-0.1, -0.05) is 55.0 Å². The first-order valence-electron chi connectivity index (χ1n) is 13.0. The largest absolute Gasteiger partial charge is 0.493 e. The molecule has 0 radical (unpaired) electrons. The molecule has 0 saturated carbocycles. The molecule has 0 aliphatic heterocycles. The van der Waals surface area contributed by atoms with E-state index in [0.717, 1.165) is 15.4 Å². The summed E-state index contributed by atoms with van der Waals surface area (Å²) < 4.78 is 39.7. The van der Waals surface area contributed by atoms with Crippen LogP contribution < -0.4 is 19.1 Å². The summed E-state index contributed by atoms with van der Waals surface area (Å²) >= 11 is 0. The molecule has 1 atom stereocenters. The van der Waals surface area contributed by atoms with Crippen molar-refractivity contribution in [1.82, 2.24) is 10.2 Å². The molecule has 0 aromatic heterocycles. The van der Waals surface area contributed by atoms with E-state index in [9.17, 15) is 18.0 Å². The van der Waals surface area contributed by atoms with Crippen molar-refractivity contribution in [3.05, 3.63) is 83.9 Å². The van der Waals surface area contributed by atoms with Gasteiger partial charge in [0.15, 0.2) is 11.5 Å². The maximum Gasteiger partial charge on any atom is 0.264 e. The second-order valence-electron chi connectivity index (χ2n) is 9.23. The number of nitrogens with zero attached hydrogens (tertiary/aromatic N) is 2. The summed E-state index contributed by atoms with van der Waals surface area (Å²) in [6, 6.07) is 19.9. The summed E-state index contributed by atoms with van der Waals surface area (Å²) in [5.74, 6) is -0.0884. The van der Waals surface area contributed by atoms with E-state index in [1.807, 2.05) is 44.2 Å². The molecular weight excluding hydrogens is 530 g/mol. The van der Waals surface area contributed by atoms with Gasteiger partial charge in [0.05, 0.1) is 24.8 Å². The van der Waals surface area contributed by atoms with Gasteiger partial charge in [-0.2, -0.15) is 0 Å². The monoisotopic (exact) mass is 567 g/mol. The van der Waals surface area contributed by atoms with Gasteiger partial charge in [0, 0.05) is 19.7 Å². The van der Waals surface area contributed by atoms with Gasteiger partial charge in [0.2, 0.25) is 11.8 Å². The Balaban J connectivity index is 2.06. The Morgan fingerprint density at radius 2 is 1.57 bits per heavy atom. The van der Waals surface area contributed by atoms with E-state index in [4.69, 9.17) is 9.47 Å². The Kier molecular flexibility index (Phi) is 10.6. The van der Waals surface area contributed by atoms with Crippen LogP contribution in [0.4, 0.5) is 5.69 Å². The second-order valence-corrected chi connectivity index (χ2v) is 11.1. The molecule has 3 rings (SSSR count). The third-order valence-electron chi connectivity index (χ3n) is 6.66. The average molecular weight is 568 g/mol. The van der Waals surface area contributed by atoms with E-state index >= 15 is 0 Å². The van der Waals surface area contributed by atoms with Gasteiger partial charge in [-0.05, 0) is 49.6 Å². The van der Waals surface area contributed by atoms with E-state index in [0.29, 0.717) is 24.3 Å². The predicted octanol–water partition coefficient (Wildman–Crippen LogP) is 3.80. The fourth-order valence-electron chi connectivity index (χ4n) is 4.41. The van der Waals surface area contributed by atoms with Gasteiger partial charge in [0.25, 0.3) is 10.0 Å². The lowest BCUT2D eigenvalue weighted by Crippen LogP contribution is -2.52. The summed E-state index contributed by atoms with van der Waals surface area (Å²) in [7, 11) is 0.269. The summed E-state index contributed by atoms with van der Waals surface area (Å²) in [5.41, 5.74) is 2.12. The molecule has 1 unspecified atom stereocenters. The molecule has 0 heterocycles. The maximum atomic E-state index is 14.0. The lowest BCUT2D eigenvalue weighted by molar-refractivity contribution is -0.139. The van der Waals surface area contributed by atoms with E-state index in [-0.39, 0.29) is 23.0 Å². The third-order valence-corrected chi connectivity index (χ3v) is 8.45. The lowest BCUT2D eigenvalue weighted by atomic mass is 10.1. The van der Waals surface area contributed by atoms with Crippen molar-refractivity contribution in [2.75, 3.05) is 38.7 Å². The minimum atomic E-state index is -4.18. The molecule has 2 amide bonds. The molecule has 40 heavy (non-hydrogen) atoms. The third kappa shape index (κ3) is 7.12. The van der Waals surface area contributed by atoms with Crippen LogP contribution in [0, 0.1) is 6.92 Å². The molecule has 9 nitrogen and oxygen atoms in total. The molecule has 0 fully saturated rings. The zero-order valence-corrected chi connectivity index (χ0v) is 24.4. The number of carbonyl (C=O) groups is 2. The molecule has 0 bridgehead atoms. The van der Waals surface area contributed by atoms with Crippen LogP contribution in [0.15, 0.2) is 77.7 Å². The van der Waals surface area contributed by atoms with Crippen molar-refractivity contribution in [3.63, 3.8) is 0 Å². The Hall–Kier alpha value is -4.05. The minimum absolute atomic E-state index is 0.0369. The van der Waals surface area contributed by atoms with Crippen molar-refractivity contribution in [2.24, 2.45) is 0 Å². The van der Waals surface area contributed by atoms with Gasteiger partial charge in [0.1, 0.15) is 12.6 Å². The summed E-state index contributed by atoms with van der Waals surface area (Å²) in [6.07, 6.45) is 0.864. The number of aryl methyl sites for hydroxylation is 1. The Morgan fingerprint density at radius 3 is 2.15 bits per heavy atom.